The van der Waals surface area contributed by atoms with Crippen molar-refractivity contribution in [1.29, 1.82) is 0 Å². The Balaban J connectivity index is 1.90. The molecule has 6 nitrogen and oxygen atoms in total. The lowest BCUT2D eigenvalue weighted by Gasteiger charge is -2.14. The number of hydrogen-bond donors (Lipinski definition) is 2. The summed E-state index contributed by atoms with van der Waals surface area (Å²) in [6.45, 7) is 1.01. The van der Waals surface area contributed by atoms with Crippen molar-refractivity contribution in [2.45, 2.75) is 25.8 Å². The van der Waals surface area contributed by atoms with Crippen LogP contribution in [0.25, 0.3) is 22.4 Å². The Morgan fingerprint density at radius 2 is 2.19 bits per heavy atom. The predicted octanol–water partition coefficient (Wildman–Crippen LogP) is 3.93. The molecule has 1 atom stereocenters. The highest BCUT2D eigenvalue weighted by molar-refractivity contribution is 6.31. The lowest BCUT2D eigenvalue weighted by molar-refractivity contribution is -0.119. The second-order valence-corrected chi connectivity index (χ2v) is 6.20. The van der Waals surface area contributed by atoms with E-state index in [1.807, 2.05) is 0 Å². The number of aromatic amines is 1. The predicted molar refractivity (Wildman–Crippen MR) is 95.4 cm³/mol. The van der Waals surface area contributed by atoms with E-state index >= 15 is 0 Å². The summed E-state index contributed by atoms with van der Waals surface area (Å²) in [6, 6.07) is 1.01. The van der Waals surface area contributed by atoms with Gasteiger partial charge in [0.1, 0.15) is 5.65 Å². The van der Waals surface area contributed by atoms with Crippen molar-refractivity contribution in [1.82, 2.24) is 19.9 Å². The van der Waals surface area contributed by atoms with Crippen LogP contribution in [0, 0.1) is 5.82 Å². The number of anilines is 1. The number of carbonyl (C=O) groups excluding carboxylic acids is 1. The monoisotopic (exact) mass is 379 g/mol. The number of Topliss-reactive ketones (excluding diaryl/α,β-unsaturated/α-hetero) is 1. The molecule has 0 bridgehead atoms. The minimum atomic E-state index is -0.696. The fraction of sp³-hybridized carbons (Fsp3) is 0.294. The van der Waals surface area contributed by atoms with Crippen LogP contribution in [0.15, 0.2) is 24.7 Å². The van der Waals surface area contributed by atoms with Crippen molar-refractivity contribution in [3.05, 3.63) is 35.5 Å². The van der Waals surface area contributed by atoms with E-state index in [0.717, 1.165) is 6.20 Å². The Kier molecular flexibility index (Phi) is 5.41. The number of pyridine rings is 1. The maximum absolute atomic E-state index is 14.1. The third-order valence-electron chi connectivity index (χ3n) is 3.88. The molecule has 0 amide bonds. The largest absolute Gasteiger partial charge is 0.358 e. The Labute approximate surface area is 153 Å². The Morgan fingerprint density at radius 3 is 2.96 bits per heavy atom. The van der Waals surface area contributed by atoms with Gasteiger partial charge in [-0.15, -0.1) is 0 Å². The molecule has 0 radical (unpaired) electrons. The van der Waals surface area contributed by atoms with Crippen molar-refractivity contribution in [3.63, 3.8) is 0 Å². The van der Waals surface area contributed by atoms with E-state index < -0.39 is 18.5 Å². The van der Waals surface area contributed by atoms with Crippen LogP contribution in [0.4, 0.5) is 14.6 Å². The molecule has 9 heteroatoms. The van der Waals surface area contributed by atoms with Crippen molar-refractivity contribution in [2.75, 3.05) is 12.0 Å². The van der Waals surface area contributed by atoms with E-state index in [1.165, 1.54) is 6.20 Å². The standard InChI is InChI=1S/C17H16ClF2N5O/c1-9(14(26)3-2-4-19)24-17-13(20)8-23-16(25-17)12-7-22-15-11(12)5-10(18)6-21-15/h5-9H,2-4H2,1H3,(H,21,22)(H,23,24,25)/t9-/m0/s1. The van der Waals surface area contributed by atoms with Crippen molar-refractivity contribution >= 4 is 34.2 Å². The van der Waals surface area contributed by atoms with Crippen molar-refractivity contribution in [3.8, 4) is 11.4 Å². The zero-order valence-corrected chi connectivity index (χ0v) is 14.6. The zero-order chi connectivity index (χ0) is 18.7. The summed E-state index contributed by atoms with van der Waals surface area (Å²) in [5, 5.41) is 3.88. The highest BCUT2D eigenvalue weighted by Crippen LogP contribution is 2.28. The van der Waals surface area contributed by atoms with Crippen molar-refractivity contribution in [2.24, 2.45) is 0 Å². The average Bonchev–Trinajstić information content (AvgIpc) is 3.04. The van der Waals surface area contributed by atoms with Crippen LogP contribution in [-0.4, -0.2) is 38.4 Å². The number of fused-ring (bicyclic) bond motifs is 1. The summed E-state index contributed by atoms with van der Waals surface area (Å²) in [6.07, 6.45) is 4.41. The number of nitrogens with zero attached hydrogens (tertiary/aromatic N) is 3. The number of rotatable bonds is 7. The number of H-pyrrole nitrogens is 1. The van der Waals surface area contributed by atoms with Crippen LogP contribution in [0.2, 0.25) is 5.02 Å². The number of nitrogens with one attached hydrogen (secondary N) is 2. The Hall–Kier alpha value is -2.61. The molecular weight excluding hydrogens is 364 g/mol. The summed E-state index contributed by atoms with van der Waals surface area (Å²) < 4.78 is 26.3. The van der Waals surface area contributed by atoms with Gasteiger partial charge in [0.15, 0.2) is 23.2 Å². The molecule has 3 aromatic heterocycles. The smallest absolute Gasteiger partial charge is 0.183 e. The number of alkyl halides is 1. The lowest BCUT2D eigenvalue weighted by Crippen LogP contribution is -2.27. The van der Waals surface area contributed by atoms with Gasteiger partial charge in [-0.2, -0.15) is 0 Å². The quantitative estimate of drug-likeness (QED) is 0.649. The van der Waals surface area contributed by atoms with E-state index in [1.54, 1.807) is 19.2 Å². The minimum Gasteiger partial charge on any atom is -0.358 e. The van der Waals surface area contributed by atoms with Gasteiger partial charge in [0.05, 0.1) is 23.9 Å². The SMILES string of the molecule is C[C@H](Nc1nc(-c2c[nH]c3ncc(Cl)cc23)ncc1F)C(=O)CCCF. The van der Waals surface area contributed by atoms with E-state index in [0.29, 0.717) is 21.6 Å². The number of aromatic nitrogens is 4. The highest BCUT2D eigenvalue weighted by atomic mass is 35.5. The zero-order valence-electron chi connectivity index (χ0n) is 13.9. The van der Waals surface area contributed by atoms with Gasteiger partial charge in [-0.1, -0.05) is 11.6 Å². The number of hydrogen-bond acceptors (Lipinski definition) is 5. The molecule has 0 aromatic carbocycles. The van der Waals surface area contributed by atoms with E-state index in [9.17, 15) is 13.6 Å². The second-order valence-electron chi connectivity index (χ2n) is 5.77. The molecule has 0 aliphatic carbocycles. The number of carbonyl (C=O) groups is 1. The third-order valence-corrected chi connectivity index (χ3v) is 4.08. The fourth-order valence-corrected chi connectivity index (χ4v) is 2.66. The van der Waals surface area contributed by atoms with Gasteiger partial charge in [-0.3, -0.25) is 9.18 Å². The molecule has 0 fully saturated rings. The second kappa shape index (κ2) is 7.74. The van der Waals surface area contributed by atoms with Crippen LogP contribution in [0.1, 0.15) is 19.8 Å². The molecule has 26 heavy (non-hydrogen) atoms. The molecule has 0 spiro atoms. The molecule has 3 rings (SSSR count). The number of ketones is 1. The normalized spacial score (nSPS) is 12.3. The van der Waals surface area contributed by atoms with Crippen LogP contribution >= 0.6 is 11.6 Å². The third kappa shape index (κ3) is 3.80. The van der Waals surface area contributed by atoms with Gasteiger partial charge in [0.25, 0.3) is 0 Å². The molecule has 0 unspecified atom stereocenters. The van der Waals surface area contributed by atoms with Crippen LogP contribution in [-0.2, 0) is 4.79 Å². The van der Waals surface area contributed by atoms with Gasteiger partial charge in [0, 0.05) is 29.8 Å². The Morgan fingerprint density at radius 1 is 1.38 bits per heavy atom. The molecule has 3 heterocycles. The van der Waals surface area contributed by atoms with Crippen LogP contribution < -0.4 is 5.32 Å². The summed E-state index contributed by atoms with van der Waals surface area (Å²) in [4.78, 5) is 27.3. The fourth-order valence-electron chi connectivity index (χ4n) is 2.50. The molecule has 2 N–H and O–H groups in total. The summed E-state index contributed by atoms with van der Waals surface area (Å²) in [7, 11) is 0. The van der Waals surface area contributed by atoms with Gasteiger partial charge in [-0.05, 0) is 19.4 Å². The van der Waals surface area contributed by atoms with Gasteiger partial charge < -0.3 is 10.3 Å². The molecular formula is C17H16ClF2N5O. The first-order valence-corrected chi connectivity index (χ1v) is 8.38. The molecule has 3 aromatic rings. The molecule has 136 valence electrons. The van der Waals surface area contributed by atoms with Gasteiger partial charge in [-0.25, -0.2) is 19.3 Å². The lowest BCUT2D eigenvalue weighted by atomic mass is 10.1. The molecule has 0 aliphatic heterocycles. The highest BCUT2D eigenvalue weighted by Gasteiger charge is 2.18. The first-order valence-electron chi connectivity index (χ1n) is 8.00. The van der Waals surface area contributed by atoms with Crippen molar-refractivity contribution < 1.29 is 13.6 Å². The summed E-state index contributed by atoms with van der Waals surface area (Å²) >= 11 is 5.98. The van der Waals surface area contributed by atoms with E-state index in [4.69, 9.17) is 11.6 Å². The van der Waals surface area contributed by atoms with Crippen LogP contribution in [0.3, 0.4) is 0 Å². The van der Waals surface area contributed by atoms with Gasteiger partial charge in [0.2, 0.25) is 0 Å². The average molecular weight is 380 g/mol. The van der Waals surface area contributed by atoms with E-state index in [-0.39, 0.29) is 30.3 Å². The van der Waals surface area contributed by atoms with Gasteiger partial charge >= 0.3 is 0 Å². The first-order chi connectivity index (χ1) is 12.5. The Bertz CT molecular complexity index is 946. The van der Waals surface area contributed by atoms with E-state index in [2.05, 4.69) is 25.3 Å². The number of halogens is 3. The first kappa shape index (κ1) is 18.2. The summed E-state index contributed by atoms with van der Waals surface area (Å²) in [5.74, 6) is -0.742. The molecule has 0 aliphatic rings. The summed E-state index contributed by atoms with van der Waals surface area (Å²) in [5.41, 5.74) is 1.20. The minimum absolute atomic E-state index is 0.0802. The molecule has 0 saturated heterocycles. The van der Waals surface area contributed by atoms with Crippen LogP contribution in [0.5, 0.6) is 0 Å². The maximum Gasteiger partial charge on any atom is 0.183 e. The molecule has 0 saturated carbocycles. The maximum atomic E-state index is 14.1. The topological polar surface area (TPSA) is 83.6 Å².